The normalized spacial score (nSPS) is 16.8. The van der Waals surface area contributed by atoms with Gasteiger partial charge in [-0.1, -0.05) is 144 Å². The molecule has 2 heterocycles. The maximum absolute atomic E-state index is 13.8. The van der Waals surface area contributed by atoms with E-state index < -0.39 is 23.8 Å². The van der Waals surface area contributed by atoms with E-state index in [1.54, 1.807) is 50.2 Å². The second-order valence-corrected chi connectivity index (χ2v) is 15.2. The lowest BCUT2D eigenvalue weighted by Crippen LogP contribution is -2.30. The molecule has 0 aliphatic carbocycles. The van der Waals surface area contributed by atoms with Crippen LogP contribution in [0.25, 0.3) is 11.4 Å². The molecule has 0 aromatic heterocycles. The maximum Gasteiger partial charge on any atom is 0.337 e. The molecule has 0 bridgehead atoms. The monoisotopic (exact) mass is 804 g/mol. The molecule has 0 saturated carbocycles. The number of halogens is 2. The van der Waals surface area contributed by atoms with Crippen LogP contribution in [0, 0.1) is 22.7 Å². The first kappa shape index (κ1) is 39.3. The molecule has 12 heteroatoms. The molecule has 55 heavy (non-hydrogen) atoms. The summed E-state index contributed by atoms with van der Waals surface area (Å²) in [5.74, 6) is -2.81. The smallest absolute Gasteiger partial charge is 0.337 e. The number of benzene rings is 4. The van der Waals surface area contributed by atoms with Gasteiger partial charge in [0.05, 0.1) is 86.0 Å². The Morgan fingerprint density at radius 1 is 0.618 bits per heavy atom. The lowest BCUT2D eigenvalue weighted by atomic mass is 9.81. The molecule has 2 N–H and O–H groups in total. The summed E-state index contributed by atoms with van der Waals surface area (Å²) < 4.78 is 11.1. The van der Waals surface area contributed by atoms with Crippen LogP contribution in [0.15, 0.2) is 142 Å². The molecule has 2 atom stereocenters. The first-order valence-electron chi connectivity index (χ1n) is 17.3. The van der Waals surface area contributed by atoms with Gasteiger partial charge in [0, 0.05) is 10.0 Å². The number of allylic oxidation sites excluding steroid dienone is 2. The third kappa shape index (κ3) is 8.34. The number of rotatable bonds is 12. The topological polar surface area (TPSA) is 124 Å². The van der Waals surface area contributed by atoms with E-state index in [0.717, 1.165) is 11.1 Å². The van der Waals surface area contributed by atoms with Crippen LogP contribution in [0.1, 0.15) is 47.9 Å². The minimum absolute atomic E-state index is 0.138. The summed E-state index contributed by atoms with van der Waals surface area (Å²) in [6.07, 6.45) is 0. The van der Waals surface area contributed by atoms with Gasteiger partial charge in [0.1, 0.15) is 0 Å². The molecule has 0 saturated heterocycles. The van der Waals surface area contributed by atoms with Crippen molar-refractivity contribution in [1.29, 1.82) is 10.5 Å². The van der Waals surface area contributed by atoms with E-state index in [4.69, 9.17) is 32.7 Å². The quantitative estimate of drug-likeness (QED) is 0.106. The molecule has 6 rings (SSSR count). The summed E-state index contributed by atoms with van der Waals surface area (Å²) in [7, 11) is 0. The van der Waals surface area contributed by atoms with Gasteiger partial charge in [-0.3, -0.25) is 0 Å². The highest BCUT2D eigenvalue weighted by Gasteiger charge is 2.40. The number of nitriles is 2. The number of thioether (sulfide) groups is 2. The number of dihydropyridines is 2. The predicted octanol–water partition coefficient (Wildman–Crippen LogP) is 9.91. The number of hydrogen-bond donors (Lipinski definition) is 2. The van der Waals surface area contributed by atoms with Gasteiger partial charge in [0.2, 0.25) is 0 Å². The first-order valence-corrected chi connectivity index (χ1v) is 20.1. The zero-order valence-electron chi connectivity index (χ0n) is 29.8. The number of nitrogens with one attached hydrogen (secondary N) is 2. The molecule has 4 aromatic rings. The summed E-state index contributed by atoms with van der Waals surface area (Å²) in [5, 5.41) is 30.4. The van der Waals surface area contributed by atoms with Gasteiger partial charge < -0.3 is 20.1 Å². The second kappa shape index (κ2) is 18.3. The van der Waals surface area contributed by atoms with Crippen LogP contribution in [-0.4, -0.2) is 30.2 Å². The zero-order chi connectivity index (χ0) is 38.9. The highest BCUT2D eigenvalue weighted by atomic mass is 35.5. The van der Waals surface area contributed by atoms with Gasteiger partial charge in [-0.25, -0.2) is 9.59 Å². The first-order chi connectivity index (χ1) is 26.8. The van der Waals surface area contributed by atoms with E-state index in [1.807, 2.05) is 72.8 Å². The van der Waals surface area contributed by atoms with E-state index in [1.165, 1.54) is 23.5 Å². The lowest BCUT2D eigenvalue weighted by Gasteiger charge is -2.32. The van der Waals surface area contributed by atoms with Crippen LogP contribution in [0.4, 0.5) is 0 Å². The van der Waals surface area contributed by atoms with Crippen LogP contribution in [0.3, 0.4) is 0 Å². The van der Waals surface area contributed by atoms with E-state index in [2.05, 4.69) is 22.8 Å². The van der Waals surface area contributed by atoms with Gasteiger partial charge in [-0.2, -0.15) is 10.5 Å². The SMILES string of the molecule is CCOC(=O)C1=C(c2ccccc2)NC(SCSC2=C(C#N)C(c3ccccc3Cl)C(C(=O)OCC)=C(c3ccccc3)N2)=C(C#N)C1c1ccccc1Cl. The highest BCUT2D eigenvalue weighted by molar-refractivity contribution is 8.19. The largest absolute Gasteiger partial charge is 0.463 e. The minimum atomic E-state index is -0.840. The Morgan fingerprint density at radius 3 is 1.33 bits per heavy atom. The molecule has 4 aromatic carbocycles. The third-order valence-electron chi connectivity index (χ3n) is 8.86. The third-order valence-corrected chi connectivity index (χ3v) is 11.7. The van der Waals surface area contributed by atoms with Crippen molar-refractivity contribution in [3.63, 3.8) is 0 Å². The molecular formula is C43H34Cl2N4O4S2. The number of carbonyl (C=O) groups is 2. The van der Waals surface area contributed by atoms with Gasteiger partial charge >= 0.3 is 11.9 Å². The van der Waals surface area contributed by atoms with Crippen molar-refractivity contribution in [3.05, 3.63) is 174 Å². The highest BCUT2D eigenvalue weighted by Crippen LogP contribution is 2.48. The molecule has 2 unspecified atom stereocenters. The van der Waals surface area contributed by atoms with E-state index in [0.29, 0.717) is 47.7 Å². The second-order valence-electron chi connectivity index (χ2n) is 12.0. The Hall–Kier alpha value is -5.36. The molecular weight excluding hydrogens is 772 g/mol. The number of carbonyl (C=O) groups excluding carboxylic acids is 2. The fourth-order valence-corrected chi connectivity index (χ4v) is 9.16. The van der Waals surface area contributed by atoms with Crippen molar-refractivity contribution < 1.29 is 19.1 Å². The maximum atomic E-state index is 13.8. The molecule has 0 spiro atoms. The van der Waals surface area contributed by atoms with Crippen molar-refractivity contribution in [1.82, 2.24) is 10.6 Å². The average Bonchev–Trinajstić information content (AvgIpc) is 3.21. The van der Waals surface area contributed by atoms with Crippen LogP contribution >= 0.6 is 46.7 Å². The van der Waals surface area contributed by atoms with Crippen LogP contribution in [-0.2, 0) is 19.1 Å². The Bertz CT molecular complexity index is 2170. The number of hydrogen-bond acceptors (Lipinski definition) is 10. The molecule has 0 radical (unpaired) electrons. The summed E-state index contributed by atoms with van der Waals surface area (Å²) in [5.41, 5.74) is 4.72. The van der Waals surface area contributed by atoms with Gasteiger partial charge in [0.25, 0.3) is 0 Å². The lowest BCUT2D eigenvalue weighted by molar-refractivity contribution is -0.139. The molecule has 276 valence electrons. The van der Waals surface area contributed by atoms with Crippen LogP contribution < -0.4 is 10.6 Å². The van der Waals surface area contributed by atoms with Crippen molar-refractivity contribution in [2.75, 3.05) is 18.3 Å². The van der Waals surface area contributed by atoms with Gasteiger partial charge in [-0.05, 0) is 48.2 Å². The van der Waals surface area contributed by atoms with Crippen molar-refractivity contribution in [2.24, 2.45) is 0 Å². The van der Waals surface area contributed by atoms with E-state index in [9.17, 15) is 20.1 Å². The summed E-state index contributed by atoms with van der Waals surface area (Å²) in [6, 6.07) is 37.7. The van der Waals surface area contributed by atoms with Crippen LogP contribution in [0.5, 0.6) is 0 Å². The predicted molar refractivity (Wildman–Crippen MR) is 220 cm³/mol. The van der Waals surface area contributed by atoms with E-state index >= 15 is 0 Å². The van der Waals surface area contributed by atoms with Crippen molar-refractivity contribution in [3.8, 4) is 12.1 Å². The molecule has 2 aliphatic heterocycles. The number of ether oxygens (including phenoxy) is 2. The minimum Gasteiger partial charge on any atom is -0.463 e. The number of nitrogens with zero attached hydrogens (tertiary/aromatic N) is 2. The fourth-order valence-electron chi connectivity index (χ4n) is 6.50. The Kier molecular flexibility index (Phi) is 13.1. The summed E-state index contributed by atoms with van der Waals surface area (Å²) >= 11 is 16.2. The Labute approximate surface area is 338 Å². The number of esters is 2. The molecule has 0 amide bonds. The Balaban J connectivity index is 1.44. The standard InChI is InChI=1S/C43H34Cl2N4O4S2/c1-3-52-42(50)36-34(28-19-11-13-21-32(28)44)30(23-46)40(48-38(36)26-15-7-5-8-16-26)54-25-55-41-31(24-47)35(29-20-12-14-22-33(29)45)37(43(51)53-4-2)39(49-41)27-17-9-6-10-18-27/h5-22,34-35,48-49H,3-4,25H2,1-2H3. The van der Waals surface area contributed by atoms with Gasteiger partial charge in [0.15, 0.2) is 0 Å². The van der Waals surface area contributed by atoms with Crippen molar-refractivity contribution in [2.45, 2.75) is 25.7 Å². The fraction of sp³-hybridized carbons (Fsp3) is 0.163. The van der Waals surface area contributed by atoms with Crippen LogP contribution in [0.2, 0.25) is 10.0 Å². The molecule has 0 fully saturated rings. The van der Waals surface area contributed by atoms with Crippen molar-refractivity contribution >= 4 is 70.1 Å². The van der Waals surface area contributed by atoms with Gasteiger partial charge in [-0.15, -0.1) is 0 Å². The summed E-state index contributed by atoms with van der Waals surface area (Å²) in [4.78, 5) is 27.5. The zero-order valence-corrected chi connectivity index (χ0v) is 32.9. The molecule has 2 aliphatic rings. The van der Waals surface area contributed by atoms with E-state index in [-0.39, 0.29) is 35.5 Å². The Morgan fingerprint density at radius 2 is 0.982 bits per heavy atom. The average molecular weight is 806 g/mol. The summed E-state index contributed by atoms with van der Waals surface area (Å²) in [6.45, 7) is 3.74. The molecule has 8 nitrogen and oxygen atoms in total.